The van der Waals surface area contributed by atoms with Crippen LogP contribution in [-0.4, -0.2) is 26.2 Å². The topological polar surface area (TPSA) is 50.9 Å². The summed E-state index contributed by atoms with van der Waals surface area (Å²) < 4.78 is 1.84. The number of rotatable bonds is 2. The molecular weight excluding hydrogens is 190 g/mol. The van der Waals surface area contributed by atoms with Crippen LogP contribution in [0.5, 0.6) is 0 Å². The number of nitrogens with zero attached hydrogens (tertiary/aromatic N) is 3. The number of imidazole rings is 1. The molecule has 0 atom stereocenters. The molecule has 0 radical (unpaired) electrons. The third-order valence-electron chi connectivity index (χ3n) is 1.83. The standard InChI is InChI=1S/C8H8ClN3O/c9-8-7-6(1-2-10-8)12(3-4-13)5-11-7/h1-2,5,13H,3-4H2. The van der Waals surface area contributed by atoms with Crippen molar-refractivity contribution in [2.75, 3.05) is 6.61 Å². The highest BCUT2D eigenvalue weighted by Gasteiger charge is 2.05. The highest BCUT2D eigenvalue weighted by molar-refractivity contribution is 6.33. The van der Waals surface area contributed by atoms with E-state index in [4.69, 9.17) is 16.7 Å². The summed E-state index contributed by atoms with van der Waals surface area (Å²) in [6.07, 6.45) is 3.27. The number of halogens is 1. The van der Waals surface area contributed by atoms with Crippen molar-refractivity contribution in [3.63, 3.8) is 0 Å². The molecule has 0 bridgehead atoms. The molecule has 2 rings (SSSR count). The van der Waals surface area contributed by atoms with Crippen LogP contribution in [0.15, 0.2) is 18.6 Å². The zero-order valence-electron chi connectivity index (χ0n) is 6.81. The molecule has 0 fully saturated rings. The van der Waals surface area contributed by atoms with Gasteiger partial charge in [0.2, 0.25) is 0 Å². The number of pyridine rings is 1. The van der Waals surface area contributed by atoms with E-state index in [0.29, 0.717) is 17.2 Å². The van der Waals surface area contributed by atoms with E-state index in [2.05, 4.69) is 9.97 Å². The van der Waals surface area contributed by atoms with Gasteiger partial charge >= 0.3 is 0 Å². The normalized spacial score (nSPS) is 10.9. The van der Waals surface area contributed by atoms with Crippen LogP contribution >= 0.6 is 11.6 Å². The van der Waals surface area contributed by atoms with Crippen molar-refractivity contribution < 1.29 is 5.11 Å². The first-order valence-electron chi connectivity index (χ1n) is 3.89. The van der Waals surface area contributed by atoms with Crippen LogP contribution in [0.3, 0.4) is 0 Å². The fraction of sp³-hybridized carbons (Fsp3) is 0.250. The van der Waals surface area contributed by atoms with Crippen LogP contribution in [0, 0.1) is 0 Å². The SMILES string of the molecule is OCCn1cnc2c(Cl)nccc21. The summed E-state index contributed by atoms with van der Waals surface area (Å²) in [5.41, 5.74) is 1.58. The van der Waals surface area contributed by atoms with E-state index in [1.807, 2.05) is 10.6 Å². The summed E-state index contributed by atoms with van der Waals surface area (Å²) in [4.78, 5) is 8.00. The lowest BCUT2D eigenvalue weighted by molar-refractivity contribution is 0.278. The number of aromatic nitrogens is 3. The number of aliphatic hydroxyl groups excluding tert-OH is 1. The van der Waals surface area contributed by atoms with Crippen LogP contribution in [0.4, 0.5) is 0 Å². The number of hydrogen-bond acceptors (Lipinski definition) is 3. The van der Waals surface area contributed by atoms with Gasteiger partial charge in [-0.3, -0.25) is 0 Å². The van der Waals surface area contributed by atoms with Crippen LogP contribution in [0.25, 0.3) is 11.0 Å². The maximum absolute atomic E-state index is 8.77. The molecule has 4 nitrogen and oxygen atoms in total. The molecule has 5 heteroatoms. The molecule has 2 aromatic heterocycles. The molecular formula is C8H8ClN3O. The molecule has 0 saturated heterocycles. The monoisotopic (exact) mass is 197 g/mol. The van der Waals surface area contributed by atoms with Crippen LogP contribution in [0.2, 0.25) is 5.15 Å². The van der Waals surface area contributed by atoms with Crippen molar-refractivity contribution in [2.24, 2.45) is 0 Å². The van der Waals surface area contributed by atoms with Gasteiger partial charge < -0.3 is 9.67 Å². The first-order chi connectivity index (χ1) is 6.33. The van der Waals surface area contributed by atoms with E-state index in [-0.39, 0.29) is 6.61 Å². The van der Waals surface area contributed by atoms with Gasteiger partial charge in [-0.2, -0.15) is 0 Å². The van der Waals surface area contributed by atoms with Gasteiger partial charge in [-0.25, -0.2) is 9.97 Å². The van der Waals surface area contributed by atoms with E-state index >= 15 is 0 Å². The number of hydrogen-bond donors (Lipinski definition) is 1. The third-order valence-corrected chi connectivity index (χ3v) is 2.11. The predicted molar refractivity (Wildman–Crippen MR) is 49.6 cm³/mol. The van der Waals surface area contributed by atoms with E-state index in [1.54, 1.807) is 12.5 Å². The molecule has 0 aliphatic rings. The molecule has 2 heterocycles. The molecule has 0 aromatic carbocycles. The summed E-state index contributed by atoms with van der Waals surface area (Å²) in [5, 5.41) is 9.17. The Morgan fingerprint density at radius 2 is 2.31 bits per heavy atom. The Bertz CT molecular complexity index is 426. The summed E-state index contributed by atoms with van der Waals surface area (Å²) in [6.45, 7) is 0.613. The number of aliphatic hydroxyl groups is 1. The molecule has 0 aliphatic heterocycles. The molecule has 0 aliphatic carbocycles. The van der Waals surface area contributed by atoms with Crippen LogP contribution in [-0.2, 0) is 6.54 Å². The van der Waals surface area contributed by atoms with Gasteiger partial charge in [0.15, 0.2) is 5.15 Å². The Hall–Kier alpha value is -1.13. The smallest absolute Gasteiger partial charge is 0.156 e. The summed E-state index contributed by atoms with van der Waals surface area (Å²) >= 11 is 5.82. The average Bonchev–Trinajstić information content (AvgIpc) is 2.51. The van der Waals surface area contributed by atoms with E-state index in [9.17, 15) is 0 Å². The Balaban J connectivity index is 2.61. The largest absolute Gasteiger partial charge is 0.395 e. The molecule has 1 N–H and O–H groups in total. The van der Waals surface area contributed by atoms with Crippen LogP contribution < -0.4 is 0 Å². The van der Waals surface area contributed by atoms with Gasteiger partial charge in [0.1, 0.15) is 5.52 Å². The second kappa shape index (κ2) is 3.32. The van der Waals surface area contributed by atoms with Gasteiger partial charge in [-0.1, -0.05) is 11.6 Å². The number of fused-ring (bicyclic) bond motifs is 1. The minimum atomic E-state index is 0.0887. The van der Waals surface area contributed by atoms with Crippen molar-refractivity contribution in [1.29, 1.82) is 0 Å². The third kappa shape index (κ3) is 1.38. The Morgan fingerprint density at radius 1 is 1.46 bits per heavy atom. The first kappa shape index (κ1) is 8.47. The molecule has 2 aromatic rings. The lowest BCUT2D eigenvalue weighted by Gasteiger charge is -1.99. The second-order valence-electron chi connectivity index (χ2n) is 2.63. The molecule has 0 saturated carbocycles. The minimum absolute atomic E-state index is 0.0887. The second-order valence-corrected chi connectivity index (χ2v) is 2.99. The van der Waals surface area contributed by atoms with Crippen LogP contribution in [0.1, 0.15) is 0 Å². The van der Waals surface area contributed by atoms with Crippen molar-refractivity contribution in [1.82, 2.24) is 14.5 Å². The zero-order chi connectivity index (χ0) is 9.26. The summed E-state index contributed by atoms with van der Waals surface area (Å²) in [7, 11) is 0. The van der Waals surface area contributed by atoms with Gasteiger partial charge in [0, 0.05) is 12.7 Å². The maximum Gasteiger partial charge on any atom is 0.156 e. The lowest BCUT2D eigenvalue weighted by atomic mass is 10.4. The fourth-order valence-electron chi connectivity index (χ4n) is 1.25. The Morgan fingerprint density at radius 3 is 3.08 bits per heavy atom. The van der Waals surface area contributed by atoms with Gasteiger partial charge in [0.25, 0.3) is 0 Å². The first-order valence-corrected chi connectivity index (χ1v) is 4.27. The van der Waals surface area contributed by atoms with Gasteiger partial charge in [-0.05, 0) is 6.07 Å². The predicted octanol–water partition coefficient (Wildman–Crippen LogP) is 1.08. The average molecular weight is 198 g/mol. The highest BCUT2D eigenvalue weighted by atomic mass is 35.5. The van der Waals surface area contributed by atoms with Gasteiger partial charge in [0.05, 0.1) is 18.5 Å². The molecule has 0 unspecified atom stereocenters. The van der Waals surface area contributed by atoms with E-state index < -0.39 is 0 Å². The van der Waals surface area contributed by atoms with Crippen molar-refractivity contribution >= 4 is 22.6 Å². The van der Waals surface area contributed by atoms with Crippen molar-refractivity contribution in [2.45, 2.75) is 6.54 Å². The Kier molecular flexibility index (Phi) is 2.16. The van der Waals surface area contributed by atoms with E-state index in [0.717, 1.165) is 5.52 Å². The van der Waals surface area contributed by atoms with Crippen molar-refractivity contribution in [3.05, 3.63) is 23.7 Å². The lowest BCUT2D eigenvalue weighted by Crippen LogP contribution is -1.99. The molecule has 68 valence electrons. The maximum atomic E-state index is 8.77. The zero-order valence-corrected chi connectivity index (χ0v) is 7.57. The molecule has 0 amide bonds. The van der Waals surface area contributed by atoms with Crippen molar-refractivity contribution in [3.8, 4) is 0 Å². The highest BCUT2D eigenvalue weighted by Crippen LogP contribution is 2.18. The van der Waals surface area contributed by atoms with E-state index in [1.165, 1.54) is 0 Å². The quantitative estimate of drug-likeness (QED) is 0.733. The minimum Gasteiger partial charge on any atom is -0.395 e. The summed E-state index contributed by atoms with van der Waals surface area (Å²) in [5.74, 6) is 0. The summed E-state index contributed by atoms with van der Waals surface area (Å²) in [6, 6.07) is 1.82. The molecule has 13 heavy (non-hydrogen) atoms. The van der Waals surface area contributed by atoms with Gasteiger partial charge in [-0.15, -0.1) is 0 Å². The Labute approximate surface area is 79.8 Å². The molecule has 0 spiro atoms. The fourth-order valence-corrected chi connectivity index (χ4v) is 1.45.